The zero-order valence-electron chi connectivity index (χ0n) is 17.6. The third kappa shape index (κ3) is 4.37. The number of nitrogens with one attached hydrogen (secondary N) is 1. The second-order valence-electron chi connectivity index (χ2n) is 7.82. The molecule has 0 aliphatic carbocycles. The predicted molar refractivity (Wildman–Crippen MR) is 127 cm³/mol. The maximum Gasteiger partial charge on any atom is 0.168 e. The monoisotopic (exact) mass is 421 g/mol. The SMILES string of the molecule is O=C(CC1=C(c2cc(COc3ccccc3)[nH]n2)CCC=N1)c1ccc2ccccc2c1. The molecule has 0 radical (unpaired) electrons. The van der Waals surface area contributed by atoms with Crippen molar-refractivity contribution in [2.45, 2.75) is 25.9 Å². The Morgan fingerprint density at radius 1 is 0.938 bits per heavy atom. The number of nitrogens with zero attached hydrogens (tertiary/aromatic N) is 2. The fraction of sp³-hybridized carbons (Fsp3) is 0.148. The van der Waals surface area contributed by atoms with Crippen molar-refractivity contribution in [3.05, 3.63) is 102 Å². The van der Waals surface area contributed by atoms with E-state index in [9.17, 15) is 4.79 Å². The number of ketones is 1. The van der Waals surface area contributed by atoms with Gasteiger partial charge in [0.05, 0.1) is 23.5 Å². The number of aromatic nitrogens is 2. The van der Waals surface area contributed by atoms with Crippen LogP contribution < -0.4 is 4.74 Å². The van der Waals surface area contributed by atoms with Gasteiger partial charge in [0.25, 0.3) is 0 Å². The highest BCUT2D eigenvalue weighted by molar-refractivity contribution is 6.02. The van der Waals surface area contributed by atoms with Crippen LogP contribution in [0.2, 0.25) is 0 Å². The van der Waals surface area contributed by atoms with Crippen LogP contribution in [0.3, 0.4) is 0 Å². The summed E-state index contributed by atoms with van der Waals surface area (Å²) in [6, 6.07) is 25.6. The second-order valence-corrected chi connectivity index (χ2v) is 7.82. The number of hydrogen-bond donors (Lipinski definition) is 1. The van der Waals surface area contributed by atoms with E-state index >= 15 is 0 Å². The van der Waals surface area contributed by atoms with Gasteiger partial charge in [0, 0.05) is 17.4 Å². The van der Waals surface area contributed by atoms with Crippen molar-refractivity contribution in [3.63, 3.8) is 0 Å². The zero-order valence-corrected chi connectivity index (χ0v) is 17.6. The van der Waals surface area contributed by atoms with Gasteiger partial charge in [0.15, 0.2) is 5.78 Å². The summed E-state index contributed by atoms with van der Waals surface area (Å²) in [6.45, 7) is 0.402. The van der Waals surface area contributed by atoms with Crippen LogP contribution in [0.1, 0.15) is 41.0 Å². The Balaban J connectivity index is 1.34. The molecule has 0 unspecified atom stereocenters. The lowest BCUT2D eigenvalue weighted by Crippen LogP contribution is -2.05. The summed E-state index contributed by atoms with van der Waals surface area (Å²) < 4.78 is 5.81. The summed E-state index contributed by atoms with van der Waals surface area (Å²) in [4.78, 5) is 17.6. The first kappa shape index (κ1) is 19.9. The molecule has 5 rings (SSSR count). The number of Topliss-reactive ketones (excluding diaryl/α,β-unsaturated/α-hetero) is 1. The Labute approximate surface area is 186 Å². The van der Waals surface area contributed by atoms with E-state index in [0.717, 1.165) is 52.0 Å². The predicted octanol–water partition coefficient (Wildman–Crippen LogP) is 5.99. The van der Waals surface area contributed by atoms with Gasteiger partial charge in [-0.25, -0.2) is 0 Å². The first-order valence-corrected chi connectivity index (χ1v) is 10.8. The van der Waals surface area contributed by atoms with Crippen LogP contribution in [0.4, 0.5) is 0 Å². The number of carbonyl (C=O) groups excluding carboxylic acids is 1. The first-order chi connectivity index (χ1) is 15.8. The fourth-order valence-corrected chi connectivity index (χ4v) is 3.92. The maximum absolute atomic E-state index is 13.0. The van der Waals surface area contributed by atoms with Gasteiger partial charge in [-0.05, 0) is 47.9 Å². The third-order valence-corrected chi connectivity index (χ3v) is 5.60. The van der Waals surface area contributed by atoms with E-state index in [1.165, 1.54) is 0 Å². The van der Waals surface area contributed by atoms with Crippen molar-refractivity contribution in [1.82, 2.24) is 10.2 Å². The van der Waals surface area contributed by atoms with Crippen molar-refractivity contribution in [2.75, 3.05) is 0 Å². The smallest absolute Gasteiger partial charge is 0.168 e. The number of rotatable bonds is 7. The van der Waals surface area contributed by atoms with Gasteiger partial charge < -0.3 is 4.74 Å². The molecule has 0 fully saturated rings. The molecule has 2 heterocycles. The van der Waals surface area contributed by atoms with Gasteiger partial charge in [0.1, 0.15) is 12.4 Å². The molecule has 0 spiro atoms. The molecule has 4 aromatic rings. The number of aromatic amines is 1. The number of H-pyrrole nitrogens is 1. The Morgan fingerprint density at radius 3 is 2.62 bits per heavy atom. The van der Waals surface area contributed by atoms with Gasteiger partial charge in [-0.2, -0.15) is 5.10 Å². The van der Waals surface area contributed by atoms with Crippen molar-refractivity contribution in [3.8, 4) is 5.75 Å². The number of benzene rings is 3. The van der Waals surface area contributed by atoms with Crippen LogP contribution in [0, 0.1) is 0 Å². The molecule has 0 amide bonds. The first-order valence-electron chi connectivity index (χ1n) is 10.8. The van der Waals surface area contributed by atoms with Gasteiger partial charge >= 0.3 is 0 Å². The summed E-state index contributed by atoms with van der Waals surface area (Å²) in [6.07, 6.45) is 3.80. The Hall–Kier alpha value is -3.99. The van der Waals surface area contributed by atoms with Gasteiger partial charge in [-0.15, -0.1) is 0 Å². The van der Waals surface area contributed by atoms with E-state index in [-0.39, 0.29) is 12.2 Å². The number of fused-ring (bicyclic) bond motifs is 1. The molecule has 1 aliphatic heterocycles. The number of hydrogen-bond acceptors (Lipinski definition) is 4. The molecule has 5 heteroatoms. The largest absolute Gasteiger partial charge is 0.487 e. The van der Waals surface area contributed by atoms with E-state index in [0.29, 0.717) is 12.2 Å². The minimum absolute atomic E-state index is 0.0606. The molecule has 1 aliphatic rings. The fourth-order valence-electron chi connectivity index (χ4n) is 3.92. The minimum Gasteiger partial charge on any atom is -0.487 e. The summed E-state index contributed by atoms with van der Waals surface area (Å²) >= 11 is 0. The maximum atomic E-state index is 13.0. The van der Waals surface area contributed by atoms with Crippen LogP contribution in [0.25, 0.3) is 16.3 Å². The Morgan fingerprint density at radius 2 is 1.75 bits per heavy atom. The van der Waals surface area contributed by atoms with Crippen LogP contribution in [0.5, 0.6) is 5.75 Å². The highest BCUT2D eigenvalue weighted by Crippen LogP contribution is 2.30. The highest BCUT2D eigenvalue weighted by atomic mass is 16.5. The standard InChI is InChI=1S/C27H23N3O2/c31-27(21-13-12-19-7-4-5-8-20(19)15-21)17-25-24(11-6-14-28-25)26-16-22(29-30-26)18-32-23-9-2-1-3-10-23/h1-5,7-10,12-16H,6,11,17-18H2,(H,29,30). The van der Waals surface area contributed by atoms with Crippen LogP contribution >= 0.6 is 0 Å². The number of carbonyl (C=O) groups is 1. The van der Waals surface area contributed by atoms with Crippen LogP contribution in [0.15, 0.2) is 89.6 Å². The molecule has 158 valence electrons. The van der Waals surface area contributed by atoms with Crippen molar-refractivity contribution in [2.24, 2.45) is 4.99 Å². The van der Waals surface area contributed by atoms with Gasteiger partial charge in [-0.1, -0.05) is 54.6 Å². The second kappa shape index (κ2) is 9.02. The molecule has 32 heavy (non-hydrogen) atoms. The summed E-state index contributed by atoms with van der Waals surface area (Å²) in [5, 5.41) is 9.72. The van der Waals surface area contributed by atoms with E-state index in [1.807, 2.05) is 85.1 Å². The number of para-hydroxylation sites is 1. The summed E-state index contributed by atoms with van der Waals surface area (Å²) in [5.74, 6) is 0.872. The molecule has 1 aromatic heterocycles. The lowest BCUT2D eigenvalue weighted by Gasteiger charge is -2.13. The van der Waals surface area contributed by atoms with Crippen molar-refractivity contribution < 1.29 is 9.53 Å². The van der Waals surface area contributed by atoms with Crippen LogP contribution in [-0.2, 0) is 6.61 Å². The third-order valence-electron chi connectivity index (χ3n) is 5.60. The lowest BCUT2D eigenvalue weighted by molar-refractivity contribution is 0.0993. The summed E-state index contributed by atoms with van der Waals surface area (Å²) in [7, 11) is 0. The topological polar surface area (TPSA) is 67.3 Å². The van der Waals surface area contributed by atoms with E-state index in [1.54, 1.807) is 0 Å². The average Bonchev–Trinajstić information content (AvgIpc) is 3.32. The molecule has 3 aromatic carbocycles. The molecule has 0 atom stereocenters. The normalized spacial score (nSPS) is 13.5. The van der Waals surface area contributed by atoms with Crippen molar-refractivity contribution in [1.29, 1.82) is 0 Å². The number of ether oxygens (including phenoxy) is 1. The minimum atomic E-state index is 0.0606. The summed E-state index contributed by atoms with van der Waals surface area (Å²) in [5.41, 5.74) is 4.22. The van der Waals surface area contributed by atoms with Gasteiger partial charge in [-0.3, -0.25) is 14.9 Å². The molecule has 0 saturated carbocycles. The number of aliphatic imine (C=N–C) groups is 1. The lowest BCUT2D eigenvalue weighted by atomic mass is 9.96. The molecular weight excluding hydrogens is 398 g/mol. The molecule has 0 saturated heterocycles. The molecule has 5 nitrogen and oxygen atoms in total. The molecular formula is C27H23N3O2. The Bertz CT molecular complexity index is 1320. The van der Waals surface area contributed by atoms with E-state index in [2.05, 4.69) is 15.2 Å². The van der Waals surface area contributed by atoms with E-state index < -0.39 is 0 Å². The highest BCUT2D eigenvalue weighted by Gasteiger charge is 2.18. The number of allylic oxidation sites excluding steroid dienone is 2. The zero-order chi connectivity index (χ0) is 21.8. The quantitative estimate of drug-likeness (QED) is 0.373. The van der Waals surface area contributed by atoms with Crippen molar-refractivity contribution >= 4 is 28.3 Å². The molecule has 0 bridgehead atoms. The van der Waals surface area contributed by atoms with Crippen LogP contribution in [-0.4, -0.2) is 22.2 Å². The average molecular weight is 422 g/mol. The van der Waals surface area contributed by atoms with Gasteiger partial charge in [0.2, 0.25) is 0 Å². The molecule has 1 N–H and O–H groups in total. The Kier molecular flexibility index (Phi) is 5.62. The van der Waals surface area contributed by atoms with E-state index in [4.69, 9.17) is 4.74 Å².